The van der Waals surface area contributed by atoms with Crippen LogP contribution < -0.4 is 10.1 Å². The van der Waals surface area contributed by atoms with Crippen LogP contribution in [-0.2, 0) is 5.41 Å². The van der Waals surface area contributed by atoms with Crippen molar-refractivity contribution >= 4 is 12.6 Å². The van der Waals surface area contributed by atoms with Gasteiger partial charge >= 0.3 is 0 Å². The maximum atomic E-state index is 5.50. The van der Waals surface area contributed by atoms with E-state index in [1.54, 1.807) is 7.11 Å². The molecule has 2 nitrogen and oxygen atoms in total. The van der Waals surface area contributed by atoms with E-state index >= 15 is 0 Å². The lowest BCUT2D eigenvalue weighted by atomic mass is 9.82. The van der Waals surface area contributed by atoms with Crippen molar-refractivity contribution < 1.29 is 4.74 Å². The number of hydrogen-bond acceptors (Lipinski definition) is 3. The van der Waals surface area contributed by atoms with E-state index < -0.39 is 0 Å². The number of methoxy groups -OCH3 is 1. The van der Waals surface area contributed by atoms with E-state index in [9.17, 15) is 0 Å². The summed E-state index contributed by atoms with van der Waals surface area (Å²) >= 11 is 4.19. The van der Waals surface area contributed by atoms with Crippen LogP contribution in [0, 0.1) is 13.8 Å². The summed E-state index contributed by atoms with van der Waals surface area (Å²) in [5.74, 6) is 1.66. The third kappa shape index (κ3) is 3.39. The molecule has 0 saturated heterocycles. The highest BCUT2D eigenvalue weighted by Gasteiger charge is 2.24. The summed E-state index contributed by atoms with van der Waals surface area (Å²) in [6.45, 7) is 9.57. The van der Waals surface area contributed by atoms with E-state index in [0.29, 0.717) is 5.88 Å². The smallest absolute Gasteiger partial charge is 0.122 e. The SMILES string of the molecule is COc1cc(C)c(C)cc1C(C)(C)CNCS. The van der Waals surface area contributed by atoms with Gasteiger partial charge in [0.15, 0.2) is 0 Å². The molecular formula is C14H23NOS. The van der Waals surface area contributed by atoms with Crippen LogP contribution in [0.25, 0.3) is 0 Å². The van der Waals surface area contributed by atoms with Gasteiger partial charge in [-0.05, 0) is 31.0 Å². The van der Waals surface area contributed by atoms with Crippen molar-refractivity contribution in [3.63, 3.8) is 0 Å². The summed E-state index contributed by atoms with van der Waals surface area (Å²) in [6.07, 6.45) is 0. The molecule has 0 heterocycles. The molecule has 0 unspecified atom stereocenters. The summed E-state index contributed by atoms with van der Waals surface area (Å²) in [5.41, 5.74) is 3.85. The molecule has 0 aliphatic rings. The molecular weight excluding hydrogens is 230 g/mol. The molecule has 0 amide bonds. The monoisotopic (exact) mass is 253 g/mol. The Balaban J connectivity index is 3.14. The van der Waals surface area contributed by atoms with Crippen LogP contribution in [0.3, 0.4) is 0 Å². The highest BCUT2D eigenvalue weighted by Crippen LogP contribution is 2.33. The number of nitrogens with one attached hydrogen (secondary N) is 1. The molecule has 1 rings (SSSR count). The van der Waals surface area contributed by atoms with Crippen LogP contribution in [0.4, 0.5) is 0 Å². The van der Waals surface area contributed by atoms with E-state index in [-0.39, 0.29) is 5.41 Å². The predicted octanol–water partition coefficient (Wildman–Crippen LogP) is 3.07. The molecule has 0 fully saturated rings. The summed E-state index contributed by atoms with van der Waals surface area (Å²) in [4.78, 5) is 0. The summed E-state index contributed by atoms with van der Waals surface area (Å²) in [7, 11) is 1.73. The molecule has 17 heavy (non-hydrogen) atoms. The van der Waals surface area contributed by atoms with Crippen molar-refractivity contribution in [2.24, 2.45) is 0 Å². The minimum absolute atomic E-state index is 0.0343. The molecule has 0 atom stereocenters. The highest BCUT2D eigenvalue weighted by molar-refractivity contribution is 7.80. The van der Waals surface area contributed by atoms with Gasteiger partial charge in [0, 0.05) is 23.4 Å². The summed E-state index contributed by atoms with van der Waals surface area (Å²) in [6, 6.07) is 4.35. The topological polar surface area (TPSA) is 21.3 Å². The lowest BCUT2D eigenvalue weighted by molar-refractivity contribution is 0.388. The fraction of sp³-hybridized carbons (Fsp3) is 0.571. The van der Waals surface area contributed by atoms with Gasteiger partial charge in [0.1, 0.15) is 5.75 Å². The van der Waals surface area contributed by atoms with Gasteiger partial charge in [-0.1, -0.05) is 19.9 Å². The fourth-order valence-electron chi connectivity index (χ4n) is 1.95. The van der Waals surface area contributed by atoms with Gasteiger partial charge < -0.3 is 10.1 Å². The standard InChI is InChI=1S/C14H23NOS/c1-10-6-12(13(16-5)7-11(10)2)14(3,4)8-15-9-17/h6-7,15,17H,8-9H2,1-5H3. The number of hydrogen-bond donors (Lipinski definition) is 2. The first kappa shape index (κ1) is 14.4. The molecule has 0 aromatic heterocycles. The molecule has 0 aliphatic heterocycles. The van der Waals surface area contributed by atoms with Gasteiger partial charge in [-0.3, -0.25) is 0 Å². The van der Waals surface area contributed by atoms with Gasteiger partial charge in [0.05, 0.1) is 7.11 Å². The number of aryl methyl sites for hydroxylation is 2. The zero-order chi connectivity index (χ0) is 13.1. The molecule has 1 aromatic rings. The average Bonchev–Trinajstić information content (AvgIpc) is 2.29. The highest BCUT2D eigenvalue weighted by atomic mass is 32.1. The number of thiol groups is 1. The molecule has 0 saturated carbocycles. The second kappa shape index (κ2) is 5.78. The van der Waals surface area contributed by atoms with Crippen molar-refractivity contribution in [2.75, 3.05) is 19.5 Å². The van der Waals surface area contributed by atoms with Gasteiger partial charge in [-0.2, -0.15) is 12.6 Å². The zero-order valence-corrected chi connectivity index (χ0v) is 12.3. The van der Waals surface area contributed by atoms with Crippen LogP contribution in [0.15, 0.2) is 12.1 Å². The third-order valence-electron chi connectivity index (χ3n) is 3.22. The molecule has 0 spiro atoms. The number of ether oxygens (including phenoxy) is 1. The van der Waals surface area contributed by atoms with Crippen molar-refractivity contribution in [1.82, 2.24) is 5.32 Å². The molecule has 1 N–H and O–H groups in total. The van der Waals surface area contributed by atoms with E-state index in [1.165, 1.54) is 16.7 Å². The van der Waals surface area contributed by atoms with Gasteiger partial charge in [-0.15, -0.1) is 0 Å². The fourth-order valence-corrected chi connectivity index (χ4v) is 2.06. The first-order valence-electron chi connectivity index (χ1n) is 5.89. The Hall–Kier alpha value is -0.670. The molecule has 96 valence electrons. The first-order chi connectivity index (χ1) is 7.92. The molecule has 0 bridgehead atoms. The van der Waals surface area contributed by atoms with Gasteiger partial charge in [-0.25, -0.2) is 0 Å². The van der Waals surface area contributed by atoms with Crippen LogP contribution in [0.2, 0.25) is 0 Å². The maximum Gasteiger partial charge on any atom is 0.122 e. The number of benzene rings is 1. The normalized spacial score (nSPS) is 11.6. The molecule has 1 aromatic carbocycles. The maximum absolute atomic E-state index is 5.50. The Morgan fingerprint density at radius 1 is 1.24 bits per heavy atom. The van der Waals surface area contributed by atoms with Crippen LogP contribution >= 0.6 is 12.6 Å². The molecule has 3 heteroatoms. The largest absolute Gasteiger partial charge is 0.496 e. The molecule has 0 radical (unpaired) electrons. The summed E-state index contributed by atoms with van der Waals surface area (Å²) < 4.78 is 5.50. The second-order valence-corrected chi connectivity index (χ2v) is 5.42. The van der Waals surface area contributed by atoms with Crippen LogP contribution in [0.5, 0.6) is 5.75 Å². The third-order valence-corrected chi connectivity index (χ3v) is 3.45. The Morgan fingerprint density at radius 2 is 1.82 bits per heavy atom. The average molecular weight is 253 g/mol. The second-order valence-electron chi connectivity index (χ2n) is 5.11. The van der Waals surface area contributed by atoms with E-state index in [2.05, 4.69) is 57.8 Å². The van der Waals surface area contributed by atoms with Gasteiger partial charge in [0.2, 0.25) is 0 Å². The van der Waals surface area contributed by atoms with Crippen LogP contribution in [0.1, 0.15) is 30.5 Å². The lowest BCUT2D eigenvalue weighted by Crippen LogP contribution is -2.32. The van der Waals surface area contributed by atoms with E-state index in [4.69, 9.17) is 4.74 Å². The Kier molecular flexibility index (Phi) is 4.90. The minimum atomic E-state index is 0.0343. The van der Waals surface area contributed by atoms with Crippen molar-refractivity contribution in [2.45, 2.75) is 33.1 Å². The van der Waals surface area contributed by atoms with E-state index in [1.807, 2.05) is 0 Å². The predicted molar refractivity (Wildman–Crippen MR) is 77.3 cm³/mol. The molecule has 0 aliphatic carbocycles. The van der Waals surface area contributed by atoms with Crippen molar-refractivity contribution in [3.8, 4) is 5.75 Å². The summed E-state index contributed by atoms with van der Waals surface area (Å²) in [5, 5.41) is 3.28. The number of rotatable bonds is 5. The first-order valence-corrected chi connectivity index (χ1v) is 6.53. The van der Waals surface area contributed by atoms with E-state index in [0.717, 1.165) is 12.3 Å². The Labute approximate surface area is 110 Å². The minimum Gasteiger partial charge on any atom is -0.496 e. The van der Waals surface area contributed by atoms with Crippen molar-refractivity contribution in [1.29, 1.82) is 0 Å². The van der Waals surface area contributed by atoms with Gasteiger partial charge in [0.25, 0.3) is 0 Å². The Morgan fingerprint density at radius 3 is 2.35 bits per heavy atom. The zero-order valence-electron chi connectivity index (χ0n) is 11.4. The Bertz CT molecular complexity index is 388. The lowest BCUT2D eigenvalue weighted by Gasteiger charge is -2.28. The van der Waals surface area contributed by atoms with Crippen molar-refractivity contribution in [3.05, 3.63) is 28.8 Å². The quantitative estimate of drug-likeness (QED) is 0.621. The van der Waals surface area contributed by atoms with Crippen LogP contribution in [-0.4, -0.2) is 19.5 Å².